The number of hydrogen-bond acceptors (Lipinski definition) is 3. The number of nitrogens with one attached hydrogen (secondary N) is 1. The topological polar surface area (TPSA) is 44.7 Å². The minimum Gasteiger partial charge on any atom is -0.355 e. The first-order valence-corrected chi connectivity index (χ1v) is 11.1. The molecule has 1 aromatic carbocycles. The molecule has 2 atom stereocenters. The van der Waals surface area contributed by atoms with E-state index in [1.807, 2.05) is 18.2 Å². The zero-order chi connectivity index (χ0) is 20.5. The van der Waals surface area contributed by atoms with Crippen LogP contribution < -0.4 is 10.3 Å². The summed E-state index contributed by atoms with van der Waals surface area (Å²) in [5.41, 5.74) is 2.11. The Labute approximate surface area is 171 Å². The molecule has 1 heterocycles. The summed E-state index contributed by atoms with van der Waals surface area (Å²) in [6.45, 7) is 11.8. The fraction of sp³-hybridized carbons (Fsp3) is 0.667. The number of hydrazone groups is 1. The van der Waals surface area contributed by atoms with Crippen LogP contribution in [0.4, 0.5) is 5.69 Å². The number of rotatable bonds is 11. The van der Waals surface area contributed by atoms with Crippen LogP contribution in [0.15, 0.2) is 35.4 Å². The molecule has 1 amide bonds. The molecule has 0 aliphatic carbocycles. The Balaban J connectivity index is 2.21. The van der Waals surface area contributed by atoms with Gasteiger partial charge in [-0.15, -0.1) is 0 Å². The summed E-state index contributed by atoms with van der Waals surface area (Å²) in [6, 6.07) is 10.4. The Kier molecular flexibility index (Phi) is 9.01. The molecule has 0 radical (unpaired) electrons. The average molecular weight is 386 g/mol. The van der Waals surface area contributed by atoms with Crippen LogP contribution in [-0.2, 0) is 4.79 Å². The summed E-state index contributed by atoms with van der Waals surface area (Å²) in [5, 5.41) is 10.3. The Morgan fingerprint density at radius 1 is 1.07 bits per heavy atom. The van der Waals surface area contributed by atoms with Crippen LogP contribution >= 0.6 is 0 Å². The van der Waals surface area contributed by atoms with Gasteiger partial charge in [0.05, 0.1) is 17.4 Å². The van der Waals surface area contributed by atoms with E-state index in [1.54, 1.807) is 0 Å². The zero-order valence-electron chi connectivity index (χ0n) is 18.4. The first-order valence-electron chi connectivity index (χ1n) is 11.1. The normalized spacial score (nSPS) is 19.4. The minimum atomic E-state index is -0.156. The minimum absolute atomic E-state index is 0.0896. The molecule has 4 heteroatoms. The summed E-state index contributed by atoms with van der Waals surface area (Å²) in [4.78, 5) is 13.2. The van der Waals surface area contributed by atoms with Crippen molar-refractivity contribution in [2.24, 2.45) is 22.9 Å². The van der Waals surface area contributed by atoms with Gasteiger partial charge in [-0.3, -0.25) is 9.80 Å². The number of amides is 1. The Hall–Kier alpha value is -1.84. The molecule has 1 aromatic rings. The van der Waals surface area contributed by atoms with Gasteiger partial charge in [0, 0.05) is 6.54 Å². The highest BCUT2D eigenvalue weighted by Crippen LogP contribution is 2.34. The van der Waals surface area contributed by atoms with Gasteiger partial charge in [0.2, 0.25) is 5.91 Å². The van der Waals surface area contributed by atoms with Crippen LogP contribution in [0.25, 0.3) is 0 Å². The molecular weight excluding hydrogens is 346 g/mol. The standard InChI is InChI=1S/C24H39N3O/c1-6-7-8-12-15-25-24(28)23-21(16-18(2)3)26-27(22(23)17-19(4)5)20-13-10-9-11-14-20/h9-11,13-14,18-19,22-23H,6-8,12,15-17H2,1-5H3,(H,25,28). The summed E-state index contributed by atoms with van der Waals surface area (Å²) >= 11 is 0. The maximum atomic E-state index is 13.2. The highest BCUT2D eigenvalue weighted by atomic mass is 16.2. The van der Waals surface area contributed by atoms with E-state index in [9.17, 15) is 4.79 Å². The third-order valence-electron chi connectivity index (χ3n) is 5.26. The molecule has 0 aromatic heterocycles. The Bertz CT molecular complexity index is 624. The van der Waals surface area contributed by atoms with Crippen molar-refractivity contribution >= 4 is 17.3 Å². The number of unbranched alkanes of at least 4 members (excludes halogenated alkanes) is 3. The highest BCUT2D eigenvalue weighted by molar-refractivity contribution is 6.07. The molecule has 0 bridgehead atoms. The number of hydrogen-bond donors (Lipinski definition) is 1. The molecule has 0 spiro atoms. The van der Waals surface area contributed by atoms with Crippen molar-refractivity contribution in [1.82, 2.24) is 5.32 Å². The lowest BCUT2D eigenvalue weighted by molar-refractivity contribution is -0.123. The van der Waals surface area contributed by atoms with Gasteiger partial charge in [-0.05, 0) is 43.2 Å². The number of carbonyl (C=O) groups is 1. The molecular formula is C24H39N3O. The van der Waals surface area contributed by atoms with Crippen LogP contribution in [0.2, 0.25) is 0 Å². The number of anilines is 1. The number of para-hydroxylation sites is 1. The lowest BCUT2D eigenvalue weighted by atomic mass is 9.85. The van der Waals surface area contributed by atoms with E-state index < -0.39 is 0 Å². The van der Waals surface area contributed by atoms with Crippen molar-refractivity contribution in [1.29, 1.82) is 0 Å². The van der Waals surface area contributed by atoms with Gasteiger partial charge < -0.3 is 5.32 Å². The second-order valence-corrected chi connectivity index (χ2v) is 8.90. The summed E-state index contributed by atoms with van der Waals surface area (Å²) < 4.78 is 0. The Morgan fingerprint density at radius 2 is 1.79 bits per heavy atom. The van der Waals surface area contributed by atoms with Gasteiger partial charge in [0.25, 0.3) is 0 Å². The van der Waals surface area contributed by atoms with E-state index in [4.69, 9.17) is 5.10 Å². The van der Waals surface area contributed by atoms with Crippen LogP contribution in [0, 0.1) is 17.8 Å². The van der Waals surface area contributed by atoms with E-state index in [1.165, 1.54) is 19.3 Å². The molecule has 1 aliphatic rings. The van der Waals surface area contributed by atoms with Crippen LogP contribution in [0.3, 0.4) is 0 Å². The molecule has 0 fully saturated rings. The van der Waals surface area contributed by atoms with Gasteiger partial charge in [-0.2, -0.15) is 5.10 Å². The fourth-order valence-corrected chi connectivity index (χ4v) is 3.97. The van der Waals surface area contributed by atoms with Crippen LogP contribution in [0.1, 0.15) is 73.1 Å². The molecule has 28 heavy (non-hydrogen) atoms. The first kappa shape index (κ1) is 22.4. The van der Waals surface area contributed by atoms with Gasteiger partial charge in [0.1, 0.15) is 5.92 Å². The van der Waals surface area contributed by atoms with Crippen molar-refractivity contribution in [2.75, 3.05) is 11.6 Å². The SMILES string of the molecule is CCCCCCNC(=O)C1C(CC(C)C)=NN(c2ccccc2)C1CC(C)C. The second kappa shape index (κ2) is 11.2. The van der Waals surface area contributed by atoms with Gasteiger partial charge in [-0.1, -0.05) is 72.1 Å². The second-order valence-electron chi connectivity index (χ2n) is 8.90. The summed E-state index contributed by atoms with van der Waals surface area (Å²) in [5.74, 6) is 0.981. The molecule has 1 aliphatic heterocycles. The van der Waals surface area contributed by atoms with Crippen molar-refractivity contribution in [3.05, 3.63) is 30.3 Å². The van der Waals surface area contributed by atoms with Gasteiger partial charge in [0.15, 0.2) is 0 Å². The third-order valence-corrected chi connectivity index (χ3v) is 5.26. The van der Waals surface area contributed by atoms with E-state index in [-0.39, 0.29) is 17.9 Å². The lowest BCUT2D eigenvalue weighted by Gasteiger charge is -2.29. The third kappa shape index (κ3) is 6.35. The van der Waals surface area contributed by atoms with E-state index >= 15 is 0 Å². The number of benzene rings is 1. The van der Waals surface area contributed by atoms with Crippen molar-refractivity contribution in [2.45, 2.75) is 79.2 Å². The molecule has 2 rings (SSSR count). The summed E-state index contributed by atoms with van der Waals surface area (Å²) in [6.07, 6.45) is 6.50. The van der Waals surface area contributed by atoms with Crippen molar-refractivity contribution < 1.29 is 4.79 Å². The fourth-order valence-electron chi connectivity index (χ4n) is 3.97. The molecule has 2 unspecified atom stereocenters. The molecule has 4 nitrogen and oxygen atoms in total. The van der Waals surface area contributed by atoms with Gasteiger partial charge >= 0.3 is 0 Å². The average Bonchev–Trinajstić information content (AvgIpc) is 2.98. The Morgan fingerprint density at radius 3 is 2.39 bits per heavy atom. The monoisotopic (exact) mass is 385 g/mol. The van der Waals surface area contributed by atoms with Crippen LogP contribution in [0.5, 0.6) is 0 Å². The molecule has 0 saturated carbocycles. The first-order chi connectivity index (χ1) is 13.4. The quantitative estimate of drug-likeness (QED) is 0.501. The van der Waals surface area contributed by atoms with E-state index in [2.05, 4.69) is 57.1 Å². The smallest absolute Gasteiger partial charge is 0.231 e. The molecule has 156 valence electrons. The zero-order valence-corrected chi connectivity index (χ0v) is 18.4. The predicted octanol–water partition coefficient (Wildman–Crippen LogP) is 5.64. The van der Waals surface area contributed by atoms with E-state index in [0.717, 1.165) is 37.2 Å². The maximum absolute atomic E-state index is 13.2. The predicted molar refractivity (Wildman–Crippen MR) is 120 cm³/mol. The van der Waals surface area contributed by atoms with Crippen molar-refractivity contribution in [3.8, 4) is 0 Å². The highest BCUT2D eigenvalue weighted by Gasteiger charge is 2.42. The number of carbonyl (C=O) groups excluding carboxylic acids is 1. The molecule has 1 N–H and O–H groups in total. The maximum Gasteiger partial charge on any atom is 0.231 e. The van der Waals surface area contributed by atoms with Gasteiger partial charge in [-0.25, -0.2) is 0 Å². The van der Waals surface area contributed by atoms with Crippen molar-refractivity contribution in [3.63, 3.8) is 0 Å². The lowest BCUT2D eigenvalue weighted by Crippen LogP contribution is -2.44. The van der Waals surface area contributed by atoms with Crippen LogP contribution in [-0.4, -0.2) is 24.2 Å². The van der Waals surface area contributed by atoms with E-state index in [0.29, 0.717) is 11.8 Å². The number of nitrogens with zero attached hydrogens (tertiary/aromatic N) is 2. The molecule has 0 saturated heterocycles. The summed E-state index contributed by atoms with van der Waals surface area (Å²) in [7, 11) is 0. The largest absolute Gasteiger partial charge is 0.355 e.